The van der Waals surface area contributed by atoms with Crippen molar-refractivity contribution in [2.24, 2.45) is 0 Å². The first-order chi connectivity index (χ1) is 7.58. The van der Waals surface area contributed by atoms with Crippen LogP contribution >= 0.6 is 15.9 Å². The van der Waals surface area contributed by atoms with Crippen molar-refractivity contribution in [1.82, 2.24) is 0 Å². The molecule has 1 heteroatoms. The van der Waals surface area contributed by atoms with E-state index in [2.05, 4.69) is 48.8 Å². The molecule has 88 valence electrons. The Morgan fingerprint density at radius 1 is 1.00 bits per heavy atom. The molecule has 0 bridgehead atoms. The summed E-state index contributed by atoms with van der Waals surface area (Å²) >= 11 is 3.78. The van der Waals surface area contributed by atoms with Crippen LogP contribution in [0.4, 0.5) is 0 Å². The van der Waals surface area contributed by atoms with Gasteiger partial charge in [-0.2, -0.15) is 0 Å². The number of rotatable bonds is 1. The van der Waals surface area contributed by atoms with Gasteiger partial charge in [-0.3, -0.25) is 0 Å². The molecular formula is C15H21Br. The first-order valence-corrected chi connectivity index (χ1v) is 7.21. The van der Waals surface area contributed by atoms with Gasteiger partial charge in [0.05, 0.1) is 0 Å². The third-order valence-electron chi connectivity index (χ3n) is 3.93. The van der Waals surface area contributed by atoms with Gasteiger partial charge in [0.1, 0.15) is 0 Å². The average molecular weight is 281 g/mol. The molecule has 2 rings (SSSR count). The van der Waals surface area contributed by atoms with Crippen molar-refractivity contribution in [1.29, 1.82) is 0 Å². The summed E-state index contributed by atoms with van der Waals surface area (Å²) in [6.45, 7) is 6.70. The second kappa shape index (κ2) is 4.91. The van der Waals surface area contributed by atoms with Gasteiger partial charge in [0.25, 0.3) is 0 Å². The van der Waals surface area contributed by atoms with E-state index < -0.39 is 0 Å². The molecule has 2 unspecified atom stereocenters. The maximum atomic E-state index is 3.78. The third-order valence-corrected chi connectivity index (χ3v) is 4.76. The first kappa shape index (κ1) is 12.2. The molecule has 16 heavy (non-hydrogen) atoms. The molecular weight excluding hydrogens is 260 g/mol. The van der Waals surface area contributed by atoms with E-state index in [1.807, 2.05) is 0 Å². The van der Waals surface area contributed by atoms with Crippen LogP contribution in [0.1, 0.15) is 53.9 Å². The van der Waals surface area contributed by atoms with Crippen LogP contribution < -0.4 is 0 Å². The molecule has 0 heterocycles. The van der Waals surface area contributed by atoms with E-state index in [-0.39, 0.29) is 0 Å². The summed E-state index contributed by atoms with van der Waals surface area (Å²) in [5, 5.41) is 0. The highest BCUT2D eigenvalue weighted by Crippen LogP contribution is 2.37. The summed E-state index contributed by atoms with van der Waals surface area (Å²) in [7, 11) is 0. The Balaban J connectivity index is 2.29. The fourth-order valence-electron chi connectivity index (χ4n) is 2.84. The number of aryl methyl sites for hydroxylation is 3. The number of halogens is 1. The van der Waals surface area contributed by atoms with Gasteiger partial charge in [-0.25, -0.2) is 0 Å². The summed E-state index contributed by atoms with van der Waals surface area (Å²) in [6.07, 6.45) is 5.39. The van der Waals surface area contributed by atoms with E-state index in [0.717, 1.165) is 10.7 Å². The second-order valence-corrected chi connectivity index (χ2v) is 6.55. The number of hydrogen-bond acceptors (Lipinski definition) is 0. The highest BCUT2D eigenvalue weighted by molar-refractivity contribution is 9.09. The van der Waals surface area contributed by atoms with Crippen LogP contribution in [0, 0.1) is 20.8 Å². The zero-order valence-electron chi connectivity index (χ0n) is 10.5. The molecule has 2 atom stereocenters. The molecule has 1 aromatic carbocycles. The lowest BCUT2D eigenvalue weighted by molar-refractivity contribution is 0.456. The van der Waals surface area contributed by atoms with Crippen molar-refractivity contribution in [3.05, 3.63) is 34.4 Å². The lowest BCUT2D eigenvalue weighted by atomic mass is 9.81. The lowest BCUT2D eigenvalue weighted by Crippen LogP contribution is -2.14. The molecule has 1 saturated carbocycles. The van der Waals surface area contributed by atoms with Gasteiger partial charge in [0, 0.05) is 4.83 Å². The Morgan fingerprint density at radius 2 is 1.69 bits per heavy atom. The normalized spacial score (nSPS) is 25.8. The average Bonchev–Trinajstić information content (AvgIpc) is 2.23. The second-order valence-electron chi connectivity index (χ2n) is 5.25. The van der Waals surface area contributed by atoms with E-state index in [1.165, 1.54) is 42.4 Å². The predicted molar refractivity (Wildman–Crippen MR) is 74.6 cm³/mol. The fourth-order valence-corrected chi connectivity index (χ4v) is 3.61. The van der Waals surface area contributed by atoms with Gasteiger partial charge >= 0.3 is 0 Å². The Labute approximate surface area is 108 Å². The van der Waals surface area contributed by atoms with Crippen LogP contribution in [0.2, 0.25) is 0 Å². The summed E-state index contributed by atoms with van der Waals surface area (Å²) in [4.78, 5) is 0.729. The number of hydrogen-bond donors (Lipinski definition) is 0. The van der Waals surface area contributed by atoms with E-state index in [9.17, 15) is 0 Å². The Bertz CT molecular complexity index is 381. The molecule has 0 N–H and O–H groups in total. The van der Waals surface area contributed by atoms with Gasteiger partial charge in [-0.15, -0.1) is 0 Å². The predicted octanol–water partition coefficient (Wildman–Crippen LogP) is 5.03. The monoisotopic (exact) mass is 280 g/mol. The van der Waals surface area contributed by atoms with E-state index in [1.54, 1.807) is 5.56 Å². The molecule has 1 aliphatic rings. The summed E-state index contributed by atoms with van der Waals surface area (Å²) < 4.78 is 0. The molecule has 0 nitrogen and oxygen atoms in total. The van der Waals surface area contributed by atoms with Gasteiger partial charge < -0.3 is 0 Å². The van der Waals surface area contributed by atoms with Crippen LogP contribution in [-0.2, 0) is 0 Å². The maximum absolute atomic E-state index is 3.78. The Hall–Kier alpha value is -0.300. The molecule has 0 amide bonds. The van der Waals surface area contributed by atoms with E-state index in [0.29, 0.717) is 0 Å². The fraction of sp³-hybridized carbons (Fsp3) is 0.600. The van der Waals surface area contributed by atoms with Gasteiger partial charge in [-0.1, -0.05) is 34.5 Å². The molecule has 1 aliphatic carbocycles. The minimum absolute atomic E-state index is 0.729. The van der Waals surface area contributed by atoms with Crippen molar-refractivity contribution in [2.45, 2.75) is 57.2 Å². The van der Waals surface area contributed by atoms with Gasteiger partial charge in [0.15, 0.2) is 0 Å². The quantitative estimate of drug-likeness (QED) is 0.633. The number of alkyl halides is 1. The van der Waals surface area contributed by atoms with Crippen molar-refractivity contribution in [3.63, 3.8) is 0 Å². The highest BCUT2D eigenvalue weighted by atomic mass is 79.9. The first-order valence-electron chi connectivity index (χ1n) is 6.29. The van der Waals surface area contributed by atoms with Crippen LogP contribution in [-0.4, -0.2) is 4.83 Å². The van der Waals surface area contributed by atoms with Crippen LogP contribution in [0.3, 0.4) is 0 Å². The summed E-state index contributed by atoms with van der Waals surface area (Å²) in [5.41, 5.74) is 5.94. The zero-order valence-corrected chi connectivity index (χ0v) is 12.1. The van der Waals surface area contributed by atoms with Crippen molar-refractivity contribution < 1.29 is 0 Å². The lowest BCUT2D eigenvalue weighted by Gasteiger charge is -2.27. The Kier molecular flexibility index (Phi) is 3.73. The van der Waals surface area contributed by atoms with Crippen molar-refractivity contribution in [3.8, 4) is 0 Å². The standard InChI is InChI=1S/C15H21Br/c1-10-7-12(3)15(8-11(10)2)13-5-4-6-14(16)9-13/h7-8,13-14H,4-6,9H2,1-3H3. The topological polar surface area (TPSA) is 0 Å². The molecule has 0 spiro atoms. The zero-order chi connectivity index (χ0) is 11.7. The molecule has 1 aromatic rings. The van der Waals surface area contributed by atoms with Gasteiger partial charge in [0.2, 0.25) is 0 Å². The molecule has 0 aromatic heterocycles. The van der Waals surface area contributed by atoms with Crippen LogP contribution in [0.25, 0.3) is 0 Å². The molecule has 1 fully saturated rings. The molecule has 0 saturated heterocycles. The van der Waals surface area contributed by atoms with E-state index in [4.69, 9.17) is 0 Å². The van der Waals surface area contributed by atoms with Crippen LogP contribution in [0.15, 0.2) is 12.1 Å². The SMILES string of the molecule is Cc1cc(C)c(C2CCCC(Br)C2)cc1C. The minimum atomic E-state index is 0.729. The third kappa shape index (κ3) is 2.51. The smallest absolute Gasteiger partial charge is 0.0151 e. The Morgan fingerprint density at radius 3 is 2.38 bits per heavy atom. The van der Waals surface area contributed by atoms with Gasteiger partial charge in [-0.05, 0) is 68.2 Å². The summed E-state index contributed by atoms with van der Waals surface area (Å²) in [6, 6.07) is 4.77. The largest absolute Gasteiger partial charge is 0.0890 e. The summed E-state index contributed by atoms with van der Waals surface area (Å²) in [5.74, 6) is 0.775. The van der Waals surface area contributed by atoms with Crippen molar-refractivity contribution in [2.75, 3.05) is 0 Å². The highest BCUT2D eigenvalue weighted by Gasteiger charge is 2.22. The van der Waals surface area contributed by atoms with Crippen LogP contribution in [0.5, 0.6) is 0 Å². The number of benzene rings is 1. The molecule has 0 aliphatic heterocycles. The molecule has 0 radical (unpaired) electrons. The van der Waals surface area contributed by atoms with E-state index >= 15 is 0 Å². The van der Waals surface area contributed by atoms with Crippen molar-refractivity contribution >= 4 is 15.9 Å². The minimum Gasteiger partial charge on any atom is -0.0890 e. The maximum Gasteiger partial charge on any atom is 0.0151 e.